The second kappa shape index (κ2) is 7.63. The fourth-order valence-electron chi connectivity index (χ4n) is 4.97. The molecule has 1 aliphatic heterocycles. The highest BCUT2D eigenvalue weighted by Gasteiger charge is 2.29. The SMILES string of the molecule is CC(=O)N1CCc2cc(S(=O)(=O)NC(=O)Nc3c4c(cc5c3CCC5)CCC4)sc2C1. The van der Waals surface area contributed by atoms with Gasteiger partial charge in [0, 0.05) is 24.0 Å². The third-order valence-corrected chi connectivity index (χ3v) is 9.48. The molecule has 5 rings (SSSR count). The molecule has 0 saturated carbocycles. The molecule has 2 N–H and O–H groups in total. The van der Waals surface area contributed by atoms with E-state index in [1.54, 1.807) is 11.0 Å². The number of rotatable bonds is 3. The van der Waals surface area contributed by atoms with Crippen LogP contribution in [0.15, 0.2) is 16.3 Å². The number of urea groups is 1. The van der Waals surface area contributed by atoms with E-state index in [0.29, 0.717) is 19.5 Å². The Morgan fingerprint density at radius 3 is 2.29 bits per heavy atom. The van der Waals surface area contributed by atoms with E-state index >= 15 is 0 Å². The molecule has 0 saturated heterocycles. The quantitative estimate of drug-likeness (QED) is 0.737. The lowest BCUT2D eigenvalue weighted by Crippen LogP contribution is -2.34. The van der Waals surface area contributed by atoms with Crippen LogP contribution in [0.25, 0.3) is 0 Å². The van der Waals surface area contributed by atoms with Crippen LogP contribution in [-0.2, 0) is 53.5 Å². The number of anilines is 1. The number of benzene rings is 1. The molecule has 2 aliphatic carbocycles. The lowest BCUT2D eigenvalue weighted by Gasteiger charge is -2.25. The molecule has 0 bridgehead atoms. The second-order valence-electron chi connectivity index (χ2n) is 8.50. The van der Waals surface area contributed by atoms with E-state index < -0.39 is 16.1 Å². The van der Waals surface area contributed by atoms with Gasteiger partial charge in [-0.15, -0.1) is 11.3 Å². The van der Waals surface area contributed by atoms with Gasteiger partial charge in [-0.3, -0.25) is 4.79 Å². The zero-order valence-corrected chi connectivity index (χ0v) is 19.0. The van der Waals surface area contributed by atoms with Gasteiger partial charge in [-0.25, -0.2) is 17.9 Å². The third kappa shape index (κ3) is 3.74. The molecule has 0 atom stereocenters. The average molecular weight is 460 g/mol. The van der Waals surface area contributed by atoms with E-state index in [9.17, 15) is 18.0 Å². The van der Waals surface area contributed by atoms with Crippen molar-refractivity contribution < 1.29 is 18.0 Å². The number of thiophene rings is 1. The summed E-state index contributed by atoms with van der Waals surface area (Å²) in [5.74, 6) is -0.0242. The molecule has 1 aromatic heterocycles. The first-order valence-electron chi connectivity index (χ1n) is 10.7. The molecule has 0 spiro atoms. The maximum absolute atomic E-state index is 12.9. The maximum atomic E-state index is 12.9. The number of fused-ring (bicyclic) bond motifs is 3. The van der Waals surface area contributed by atoms with E-state index in [4.69, 9.17) is 0 Å². The molecule has 3 amide bonds. The van der Waals surface area contributed by atoms with E-state index in [0.717, 1.165) is 77.1 Å². The first kappa shape index (κ1) is 20.5. The van der Waals surface area contributed by atoms with E-state index in [-0.39, 0.29) is 10.1 Å². The number of nitrogens with zero attached hydrogens (tertiary/aromatic N) is 1. The zero-order chi connectivity index (χ0) is 21.8. The van der Waals surface area contributed by atoms with Crippen LogP contribution in [-0.4, -0.2) is 31.8 Å². The van der Waals surface area contributed by atoms with Gasteiger partial charge in [-0.05, 0) is 78.8 Å². The fraction of sp³-hybridized carbons (Fsp3) is 0.455. The highest BCUT2D eigenvalue weighted by atomic mass is 32.2. The van der Waals surface area contributed by atoms with Gasteiger partial charge in [0.15, 0.2) is 0 Å². The number of sulfonamides is 1. The summed E-state index contributed by atoms with van der Waals surface area (Å²) >= 11 is 1.13. The van der Waals surface area contributed by atoms with Gasteiger partial charge in [0.25, 0.3) is 10.0 Å². The van der Waals surface area contributed by atoms with Gasteiger partial charge in [0.05, 0.1) is 6.54 Å². The van der Waals surface area contributed by atoms with Gasteiger partial charge in [0.2, 0.25) is 5.91 Å². The minimum atomic E-state index is -3.99. The second-order valence-corrected chi connectivity index (χ2v) is 11.5. The van der Waals surface area contributed by atoms with Crippen LogP contribution in [0.2, 0.25) is 0 Å². The number of carbonyl (C=O) groups excluding carboxylic acids is 2. The van der Waals surface area contributed by atoms with Gasteiger partial charge in [-0.2, -0.15) is 0 Å². The van der Waals surface area contributed by atoms with E-state index in [2.05, 4.69) is 16.1 Å². The van der Waals surface area contributed by atoms with E-state index in [1.165, 1.54) is 18.1 Å². The number of hydrogen-bond donors (Lipinski definition) is 2. The molecule has 7 nitrogen and oxygen atoms in total. The Balaban J connectivity index is 1.36. The molecule has 2 aromatic rings. The monoisotopic (exact) mass is 459 g/mol. The smallest absolute Gasteiger partial charge is 0.333 e. The van der Waals surface area contributed by atoms with E-state index in [1.807, 2.05) is 0 Å². The Kier molecular flexibility index (Phi) is 5.05. The summed E-state index contributed by atoms with van der Waals surface area (Å²) in [5.41, 5.74) is 6.62. The Morgan fingerprint density at radius 2 is 1.65 bits per heavy atom. The van der Waals surface area contributed by atoms with Crippen molar-refractivity contribution in [3.63, 3.8) is 0 Å². The standard InChI is InChI=1S/C22H25N3O4S2/c1-13(26)25-9-8-16-11-20(30-19(16)12-25)31(28,29)24-22(27)23-21-17-6-2-4-14(17)10-15-5-3-7-18(15)21/h10-11H,2-9,12H2,1H3,(H2,23,24,27). The Labute approximate surface area is 185 Å². The minimum absolute atomic E-state index is 0.0242. The Bertz CT molecular complexity index is 1170. The van der Waals surface area contributed by atoms with Crippen molar-refractivity contribution in [1.82, 2.24) is 9.62 Å². The van der Waals surface area contributed by atoms with Crippen molar-refractivity contribution in [2.45, 2.75) is 62.6 Å². The third-order valence-electron chi connectivity index (χ3n) is 6.51. The van der Waals surface area contributed by atoms with Crippen LogP contribution in [0.4, 0.5) is 10.5 Å². The summed E-state index contributed by atoms with van der Waals surface area (Å²) in [6.07, 6.45) is 6.58. The van der Waals surface area contributed by atoms with Gasteiger partial charge in [0.1, 0.15) is 4.21 Å². The number of hydrogen-bond acceptors (Lipinski definition) is 5. The maximum Gasteiger partial charge on any atom is 0.333 e. The number of carbonyl (C=O) groups is 2. The van der Waals surface area contributed by atoms with Crippen molar-refractivity contribution in [3.05, 3.63) is 44.8 Å². The summed E-state index contributed by atoms with van der Waals surface area (Å²) in [6, 6.07) is 3.18. The molecule has 3 aliphatic rings. The van der Waals surface area contributed by atoms with Gasteiger partial charge < -0.3 is 10.2 Å². The lowest BCUT2D eigenvalue weighted by atomic mass is 9.99. The van der Waals surface area contributed by atoms with Gasteiger partial charge >= 0.3 is 6.03 Å². The molecule has 1 aromatic carbocycles. The summed E-state index contributed by atoms with van der Waals surface area (Å²) in [7, 11) is -3.99. The Morgan fingerprint density at radius 1 is 0.968 bits per heavy atom. The molecule has 31 heavy (non-hydrogen) atoms. The first-order valence-corrected chi connectivity index (χ1v) is 13.0. The molecule has 0 radical (unpaired) electrons. The highest BCUT2D eigenvalue weighted by Crippen LogP contribution is 2.38. The van der Waals surface area contributed by atoms with Crippen molar-refractivity contribution in [2.24, 2.45) is 0 Å². The van der Waals surface area contributed by atoms with Crippen LogP contribution in [0, 0.1) is 0 Å². The summed E-state index contributed by atoms with van der Waals surface area (Å²) in [5, 5.41) is 2.87. The summed E-state index contributed by atoms with van der Waals surface area (Å²) in [4.78, 5) is 26.9. The summed E-state index contributed by atoms with van der Waals surface area (Å²) in [6.45, 7) is 2.51. The first-order chi connectivity index (χ1) is 14.8. The van der Waals surface area contributed by atoms with Crippen LogP contribution in [0.1, 0.15) is 52.5 Å². The predicted molar refractivity (Wildman–Crippen MR) is 119 cm³/mol. The number of amides is 3. The molecule has 164 valence electrons. The molecular formula is C22H25N3O4S2. The minimum Gasteiger partial charge on any atom is -0.337 e. The van der Waals surface area contributed by atoms with Crippen molar-refractivity contribution in [1.29, 1.82) is 0 Å². The molecular weight excluding hydrogens is 434 g/mol. The van der Waals surface area contributed by atoms with Crippen LogP contribution < -0.4 is 10.0 Å². The molecule has 9 heteroatoms. The topological polar surface area (TPSA) is 95.6 Å². The molecule has 0 fully saturated rings. The van der Waals surface area contributed by atoms with Crippen LogP contribution in [0.5, 0.6) is 0 Å². The van der Waals surface area contributed by atoms with Crippen LogP contribution in [0.3, 0.4) is 0 Å². The van der Waals surface area contributed by atoms with Crippen molar-refractivity contribution >= 4 is 39.0 Å². The number of aryl methyl sites for hydroxylation is 2. The normalized spacial score (nSPS) is 17.1. The molecule has 2 heterocycles. The van der Waals surface area contributed by atoms with Gasteiger partial charge in [-0.1, -0.05) is 6.07 Å². The fourth-order valence-corrected chi connectivity index (χ4v) is 7.49. The Hall–Kier alpha value is -2.39. The van der Waals surface area contributed by atoms with Crippen molar-refractivity contribution in [3.8, 4) is 0 Å². The molecule has 0 unspecified atom stereocenters. The summed E-state index contributed by atoms with van der Waals surface area (Å²) < 4.78 is 28.1. The predicted octanol–water partition coefficient (Wildman–Crippen LogP) is 3.14. The number of nitrogens with one attached hydrogen (secondary N) is 2. The van der Waals surface area contributed by atoms with Crippen LogP contribution >= 0.6 is 11.3 Å². The average Bonchev–Trinajstić information content (AvgIpc) is 3.45. The zero-order valence-electron chi connectivity index (χ0n) is 17.4. The highest BCUT2D eigenvalue weighted by molar-refractivity contribution is 7.92. The largest absolute Gasteiger partial charge is 0.337 e. The van der Waals surface area contributed by atoms with Crippen molar-refractivity contribution in [2.75, 3.05) is 11.9 Å². The lowest BCUT2D eigenvalue weighted by molar-refractivity contribution is -0.129.